The van der Waals surface area contributed by atoms with Crippen LogP contribution in [0.1, 0.15) is 12.8 Å². The van der Waals surface area contributed by atoms with Gasteiger partial charge in [-0.3, -0.25) is 10.1 Å². The molecule has 1 amide bonds. The molecule has 2 rings (SSSR count). The molecule has 104 valence electrons. The Hall–Kier alpha value is -1.54. The number of carbonyl (C=O) groups excluding carboxylic acids is 1. The second-order valence-corrected chi connectivity index (χ2v) is 6.50. The largest absolute Gasteiger partial charge is 0.294 e. The molecular weight excluding hydrogens is 268 g/mol. The maximum Gasteiger partial charge on any atom is 0.231 e. The Morgan fingerprint density at radius 3 is 2.74 bits per heavy atom. The number of sulfonamides is 1. The van der Waals surface area contributed by atoms with Gasteiger partial charge in [-0.2, -0.15) is 0 Å². The van der Waals surface area contributed by atoms with Gasteiger partial charge >= 0.3 is 0 Å². The molecule has 0 saturated carbocycles. The number of anilines is 1. The van der Waals surface area contributed by atoms with E-state index in [2.05, 4.69) is 15.3 Å². The summed E-state index contributed by atoms with van der Waals surface area (Å²) in [6.07, 6.45) is 5.58. The minimum Gasteiger partial charge on any atom is -0.294 e. The van der Waals surface area contributed by atoms with Crippen molar-refractivity contribution >= 4 is 21.9 Å². The normalized spacial score (nSPS) is 21.0. The van der Waals surface area contributed by atoms with Crippen LogP contribution in [0.25, 0.3) is 0 Å². The lowest BCUT2D eigenvalue weighted by Gasteiger charge is -2.29. The van der Waals surface area contributed by atoms with Crippen molar-refractivity contribution in [1.82, 2.24) is 14.3 Å². The summed E-state index contributed by atoms with van der Waals surface area (Å²) in [7, 11) is -3.24. The average Bonchev–Trinajstić information content (AvgIpc) is 2.39. The number of piperidine rings is 1. The summed E-state index contributed by atoms with van der Waals surface area (Å²) in [5.74, 6) is -0.351. The van der Waals surface area contributed by atoms with E-state index in [1.807, 2.05) is 0 Å². The van der Waals surface area contributed by atoms with Gasteiger partial charge in [-0.15, -0.1) is 0 Å². The van der Waals surface area contributed by atoms with Gasteiger partial charge in [0.2, 0.25) is 21.9 Å². The number of carbonyl (C=O) groups is 1. The van der Waals surface area contributed by atoms with Crippen molar-refractivity contribution in [1.29, 1.82) is 0 Å². The third-order valence-electron chi connectivity index (χ3n) is 3.02. The zero-order chi connectivity index (χ0) is 13.9. The second kappa shape index (κ2) is 5.62. The van der Waals surface area contributed by atoms with Crippen LogP contribution in [0.5, 0.6) is 0 Å². The molecule has 1 N–H and O–H groups in total. The molecule has 0 aliphatic carbocycles. The molecule has 1 fully saturated rings. The van der Waals surface area contributed by atoms with Crippen LogP contribution < -0.4 is 5.32 Å². The van der Waals surface area contributed by atoms with E-state index in [1.165, 1.54) is 16.7 Å². The smallest absolute Gasteiger partial charge is 0.231 e. The van der Waals surface area contributed by atoms with Crippen LogP contribution in [-0.4, -0.2) is 47.9 Å². The molecule has 7 nitrogen and oxygen atoms in total. The van der Waals surface area contributed by atoms with Gasteiger partial charge in [0, 0.05) is 25.5 Å². The number of hydrogen-bond acceptors (Lipinski definition) is 5. The standard InChI is InChI=1S/C11H16N4O3S/c1-19(17,18)15-7-2-4-9(8-15)10(16)14-11-12-5-3-6-13-11/h3,5-6,9H,2,4,7-8H2,1H3,(H,12,13,14,16). The monoisotopic (exact) mass is 284 g/mol. The third-order valence-corrected chi connectivity index (χ3v) is 4.29. The molecule has 1 atom stereocenters. The molecule has 19 heavy (non-hydrogen) atoms. The van der Waals surface area contributed by atoms with Gasteiger partial charge in [0.05, 0.1) is 12.2 Å². The Kier molecular flexibility index (Phi) is 4.11. The first-order valence-corrected chi connectivity index (χ1v) is 7.84. The van der Waals surface area contributed by atoms with Crippen LogP contribution in [0, 0.1) is 5.92 Å². The van der Waals surface area contributed by atoms with E-state index in [9.17, 15) is 13.2 Å². The minimum atomic E-state index is -3.24. The predicted molar refractivity (Wildman–Crippen MR) is 69.8 cm³/mol. The van der Waals surface area contributed by atoms with Crippen molar-refractivity contribution < 1.29 is 13.2 Å². The highest BCUT2D eigenvalue weighted by Crippen LogP contribution is 2.19. The molecule has 1 saturated heterocycles. The molecule has 0 spiro atoms. The van der Waals surface area contributed by atoms with Crippen molar-refractivity contribution in [3.05, 3.63) is 18.5 Å². The third kappa shape index (κ3) is 3.71. The summed E-state index contributed by atoms with van der Waals surface area (Å²) in [5, 5.41) is 2.60. The molecular formula is C11H16N4O3S. The van der Waals surface area contributed by atoms with Crippen molar-refractivity contribution in [2.24, 2.45) is 5.92 Å². The number of amides is 1. The summed E-state index contributed by atoms with van der Waals surface area (Å²) in [6.45, 7) is 0.696. The van der Waals surface area contributed by atoms with E-state index in [1.54, 1.807) is 6.07 Å². The number of aromatic nitrogens is 2. The lowest BCUT2D eigenvalue weighted by Crippen LogP contribution is -2.43. The van der Waals surface area contributed by atoms with Crippen LogP contribution in [0.15, 0.2) is 18.5 Å². The SMILES string of the molecule is CS(=O)(=O)N1CCCC(C(=O)Nc2ncccn2)C1. The molecule has 0 radical (unpaired) electrons. The number of rotatable bonds is 3. The first-order chi connectivity index (χ1) is 8.97. The van der Waals surface area contributed by atoms with Gasteiger partial charge in [-0.05, 0) is 18.9 Å². The van der Waals surface area contributed by atoms with E-state index in [4.69, 9.17) is 0 Å². The summed E-state index contributed by atoms with van der Waals surface area (Å²) in [4.78, 5) is 19.8. The molecule has 1 unspecified atom stereocenters. The van der Waals surface area contributed by atoms with E-state index < -0.39 is 10.0 Å². The van der Waals surface area contributed by atoms with Crippen LogP contribution in [-0.2, 0) is 14.8 Å². The quantitative estimate of drug-likeness (QED) is 0.849. The van der Waals surface area contributed by atoms with E-state index in [0.29, 0.717) is 19.4 Å². The van der Waals surface area contributed by atoms with Crippen molar-refractivity contribution in [3.63, 3.8) is 0 Å². The van der Waals surface area contributed by atoms with Gasteiger partial charge in [0.25, 0.3) is 0 Å². The molecule has 1 aliphatic heterocycles. The number of hydrogen-bond donors (Lipinski definition) is 1. The molecule has 1 aromatic heterocycles. The van der Waals surface area contributed by atoms with Crippen LogP contribution >= 0.6 is 0 Å². The van der Waals surface area contributed by atoms with Gasteiger partial charge in [-0.1, -0.05) is 0 Å². The van der Waals surface area contributed by atoms with Crippen LogP contribution in [0.2, 0.25) is 0 Å². The van der Waals surface area contributed by atoms with E-state index in [-0.39, 0.29) is 24.3 Å². The fourth-order valence-electron chi connectivity index (χ4n) is 2.03. The summed E-state index contributed by atoms with van der Waals surface area (Å²) in [5.41, 5.74) is 0. The van der Waals surface area contributed by atoms with Gasteiger partial charge < -0.3 is 0 Å². The Bertz CT molecular complexity index is 546. The number of nitrogens with zero attached hydrogens (tertiary/aromatic N) is 3. The molecule has 1 aliphatic rings. The van der Waals surface area contributed by atoms with Crippen molar-refractivity contribution in [3.8, 4) is 0 Å². The highest BCUT2D eigenvalue weighted by Gasteiger charge is 2.30. The van der Waals surface area contributed by atoms with Crippen LogP contribution in [0.3, 0.4) is 0 Å². The zero-order valence-electron chi connectivity index (χ0n) is 10.6. The van der Waals surface area contributed by atoms with Crippen LogP contribution in [0.4, 0.5) is 5.95 Å². The Balaban J connectivity index is 2.00. The zero-order valence-corrected chi connectivity index (χ0v) is 11.4. The second-order valence-electron chi connectivity index (χ2n) is 4.52. The predicted octanol–water partition coefficient (Wildman–Crippen LogP) is 0.0867. The van der Waals surface area contributed by atoms with Crippen molar-refractivity contribution in [2.45, 2.75) is 12.8 Å². The minimum absolute atomic E-state index is 0.220. The lowest BCUT2D eigenvalue weighted by atomic mass is 9.99. The van der Waals surface area contributed by atoms with Gasteiger partial charge in [0.15, 0.2) is 0 Å². The Labute approximate surface area is 112 Å². The lowest BCUT2D eigenvalue weighted by molar-refractivity contribution is -0.120. The fraction of sp³-hybridized carbons (Fsp3) is 0.545. The molecule has 0 aromatic carbocycles. The average molecular weight is 284 g/mol. The topological polar surface area (TPSA) is 92.3 Å². The molecule has 8 heteroatoms. The fourth-order valence-corrected chi connectivity index (χ4v) is 2.95. The van der Waals surface area contributed by atoms with E-state index >= 15 is 0 Å². The first-order valence-electron chi connectivity index (χ1n) is 6.00. The highest BCUT2D eigenvalue weighted by atomic mass is 32.2. The highest BCUT2D eigenvalue weighted by molar-refractivity contribution is 7.88. The van der Waals surface area contributed by atoms with Crippen molar-refractivity contribution in [2.75, 3.05) is 24.7 Å². The van der Waals surface area contributed by atoms with E-state index in [0.717, 1.165) is 6.26 Å². The Morgan fingerprint density at radius 1 is 1.42 bits per heavy atom. The maximum atomic E-state index is 12.0. The summed E-state index contributed by atoms with van der Waals surface area (Å²) in [6, 6.07) is 1.65. The van der Waals surface area contributed by atoms with Gasteiger partial charge in [-0.25, -0.2) is 22.7 Å². The molecule has 0 bridgehead atoms. The molecule has 2 heterocycles. The summed E-state index contributed by atoms with van der Waals surface area (Å²) < 4.78 is 24.3. The number of nitrogens with one attached hydrogen (secondary N) is 1. The first kappa shape index (κ1) is 13.9. The summed E-state index contributed by atoms with van der Waals surface area (Å²) >= 11 is 0. The van der Waals surface area contributed by atoms with Gasteiger partial charge in [0.1, 0.15) is 0 Å². The Morgan fingerprint density at radius 2 is 2.11 bits per heavy atom. The molecule has 1 aromatic rings. The maximum absolute atomic E-state index is 12.0.